The number of aromatic amines is 1. The third-order valence-corrected chi connectivity index (χ3v) is 5.12. The highest BCUT2D eigenvalue weighted by Gasteiger charge is 2.18. The Morgan fingerprint density at radius 2 is 1.83 bits per heavy atom. The van der Waals surface area contributed by atoms with Crippen molar-refractivity contribution in [3.05, 3.63) is 52.8 Å². The summed E-state index contributed by atoms with van der Waals surface area (Å²) in [7, 11) is 4.08. The van der Waals surface area contributed by atoms with Crippen molar-refractivity contribution in [2.75, 3.05) is 27.2 Å². The molecular weight excluding hydrogens is 360 g/mol. The molecule has 0 aliphatic carbocycles. The Hall–Kier alpha value is -2.66. The monoisotopic (exact) mass is 392 g/mol. The number of aromatic nitrogens is 2. The van der Waals surface area contributed by atoms with Crippen LogP contribution in [0.15, 0.2) is 30.3 Å². The Balaban J connectivity index is 1.96. The van der Waals surface area contributed by atoms with Crippen molar-refractivity contribution in [1.29, 1.82) is 0 Å². The number of pyridine rings is 1. The van der Waals surface area contributed by atoms with Crippen LogP contribution in [0.5, 0.6) is 0 Å². The summed E-state index contributed by atoms with van der Waals surface area (Å²) in [4.78, 5) is 22.8. The quantitative estimate of drug-likeness (QED) is 0.575. The molecule has 3 aromatic rings. The van der Waals surface area contributed by atoms with Crippen LogP contribution in [0.25, 0.3) is 22.2 Å². The van der Waals surface area contributed by atoms with E-state index in [1.807, 2.05) is 46.1 Å². The SMILES string of the molecule is Cc1cc(-c2[nH]c3ccc(C(=O)NCCCN(C)C)cc3c2C(C)C)cc(C)n1. The van der Waals surface area contributed by atoms with Crippen molar-refractivity contribution in [3.8, 4) is 11.3 Å². The minimum absolute atomic E-state index is 0.0151. The van der Waals surface area contributed by atoms with Crippen LogP contribution in [-0.4, -0.2) is 48.0 Å². The second-order valence-electron chi connectivity index (χ2n) is 8.38. The fraction of sp³-hybridized carbons (Fsp3) is 0.417. The van der Waals surface area contributed by atoms with Gasteiger partial charge in [0.05, 0.1) is 5.69 Å². The summed E-state index contributed by atoms with van der Waals surface area (Å²) >= 11 is 0. The first kappa shape index (κ1) is 21.1. The standard InChI is InChI=1S/C24H32N4O/c1-15(2)22-20-14-18(24(29)25-10-7-11-28(5)6)8-9-21(20)27-23(22)19-12-16(3)26-17(4)13-19/h8-9,12-15,27H,7,10-11H2,1-6H3,(H,25,29). The highest BCUT2D eigenvalue weighted by Crippen LogP contribution is 2.36. The summed E-state index contributed by atoms with van der Waals surface area (Å²) in [6.45, 7) is 10.1. The summed E-state index contributed by atoms with van der Waals surface area (Å²) in [5.74, 6) is 0.310. The molecule has 0 saturated carbocycles. The third kappa shape index (κ3) is 4.85. The molecule has 0 aliphatic rings. The lowest BCUT2D eigenvalue weighted by molar-refractivity contribution is 0.0952. The molecule has 0 atom stereocenters. The second kappa shape index (κ2) is 8.78. The van der Waals surface area contributed by atoms with Gasteiger partial charge in [0.25, 0.3) is 5.91 Å². The van der Waals surface area contributed by atoms with E-state index in [4.69, 9.17) is 0 Å². The van der Waals surface area contributed by atoms with Crippen molar-refractivity contribution in [1.82, 2.24) is 20.2 Å². The summed E-state index contributed by atoms with van der Waals surface area (Å²) in [5.41, 5.74) is 7.28. The molecule has 29 heavy (non-hydrogen) atoms. The molecule has 0 spiro atoms. The number of amides is 1. The maximum Gasteiger partial charge on any atom is 0.251 e. The molecule has 0 bridgehead atoms. The van der Waals surface area contributed by atoms with E-state index in [-0.39, 0.29) is 5.91 Å². The molecule has 0 saturated heterocycles. The van der Waals surface area contributed by atoms with Gasteiger partial charge in [-0.15, -0.1) is 0 Å². The van der Waals surface area contributed by atoms with Crippen LogP contribution < -0.4 is 5.32 Å². The smallest absolute Gasteiger partial charge is 0.251 e. The molecule has 2 N–H and O–H groups in total. The maximum absolute atomic E-state index is 12.6. The average Bonchev–Trinajstić information content (AvgIpc) is 3.03. The zero-order chi connectivity index (χ0) is 21.1. The number of aryl methyl sites for hydroxylation is 2. The number of hydrogen-bond donors (Lipinski definition) is 2. The van der Waals surface area contributed by atoms with E-state index in [0.717, 1.165) is 46.5 Å². The maximum atomic E-state index is 12.6. The number of nitrogens with one attached hydrogen (secondary N) is 2. The predicted molar refractivity (Wildman–Crippen MR) is 121 cm³/mol. The van der Waals surface area contributed by atoms with Gasteiger partial charge < -0.3 is 15.2 Å². The third-order valence-electron chi connectivity index (χ3n) is 5.12. The molecule has 2 aromatic heterocycles. The molecular formula is C24H32N4O. The molecule has 0 fully saturated rings. The topological polar surface area (TPSA) is 61.0 Å². The van der Waals surface area contributed by atoms with E-state index in [1.165, 1.54) is 5.56 Å². The van der Waals surface area contributed by atoms with Crippen LogP contribution >= 0.6 is 0 Å². The molecule has 154 valence electrons. The van der Waals surface area contributed by atoms with Gasteiger partial charge in [-0.3, -0.25) is 9.78 Å². The summed E-state index contributed by atoms with van der Waals surface area (Å²) in [5, 5.41) is 4.15. The van der Waals surface area contributed by atoms with Gasteiger partial charge in [0.15, 0.2) is 0 Å². The number of carbonyl (C=O) groups excluding carboxylic acids is 1. The number of benzene rings is 1. The van der Waals surface area contributed by atoms with Crippen molar-refractivity contribution < 1.29 is 4.79 Å². The first-order chi connectivity index (χ1) is 13.8. The number of carbonyl (C=O) groups is 1. The van der Waals surface area contributed by atoms with Crippen LogP contribution in [0.4, 0.5) is 0 Å². The van der Waals surface area contributed by atoms with Gasteiger partial charge in [0, 0.05) is 40.0 Å². The lowest BCUT2D eigenvalue weighted by Gasteiger charge is -2.11. The molecule has 5 heteroatoms. The molecule has 3 rings (SSSR count). The lowest BCUT2D eigenvalue weighted by Crippen LogP contribution is -2.27. The van der Waals surface area contributed by atoms with E-state index in [2.05, 4.69) is 46.2 Å². The highest BCUT2D eigenvalue weighted by molar-refractivity contribution is 6.00. The largest absolute Gasteiger partial charge is 0.354 e. The predicted octanol–water partition coefficient (Wildman–Crippen LogP) is 4.65. The van der Waals surface area contributed by atoms with Gasteiger partial charge in [-0.2, -0.15) is 0 Å². The van der Waals surface area contributed by atoms with E-state index < -0.39 is 0 Å². The van der Waals surface area contributed by atoms with Gasteiger partial charge in [-0.1, -0.05) is 13.8 Å². The Morgan fingerprint density at radius 3 is 2.45 bits per heavy atom. The number of H-pyrrole nitrogens is 1. The summed E-state index contributed by atoms with van der Waals surface area (Å²) in [6, 6.07) is 10.2. The van der Waals surface area contributed by atoms with Gasteiger partial charge in [-0.05, 0) is 82.7 Å². The van der Waals surface area contributed by atoms with Crippen LogP contribution in [0.1, 0.15) is 53.5 Å². The fourth-order valence-electron chi connectivity index (χ4n) is 3.86. The Kier molecular flexibility index (Phi) is 6.38. The Bertz CT molecular complexity index is 997. The summed E-state index contributed by atoms with van der Waals surface area (Å²) in [6.07, 6.45) is 0.938. The molecule has 1 aromatic carbocycles. The zero-order valence-electron chi connectivity index (χ0n) is 18.4. The lowest BCUT2D eigenvalue weighted by atomic mass is 9.95. The zero-order valence-corrected chi connectivity index (χ0v) is 18.4. The van der Waals surface area contributed by atoms with E-state index in [1.54, 1.807) is 0 Å². The van der Waals surface area contributed by atoms with E-state index >= 15 is 0 Å². The minimum atomic E-state index is -0.0151. The van der Waals surface area contributed by atoms with Gasteiger partial charge in [0.2, 0.25) is 0 Å². The molecule has 1 amide bonds. The number of rotatable bonds is 7. The van der Waals surface area contributed by atoms with Gasteiger partial charge in [0.1, 0.15) is 0 Å². The van der Waals surface area contributed by atoms with Crippen molar-refractivity contribution in [2.24, 2.45) is 0 Å². The van der Waals surface area contributed by atoms with Crippen molar-refractivity contribution in [2.45, 2.75) is 40.0 Å². The molecule has 0 aliphatic heterocycles. The molecule has 5 nitrogen and oxygen atoms in total. The van der Waals surface area contributed by atoms with Crippen LogP contribution in [-0.2, 0) is 0 Å². The first-order valence-electron chi connectivity index (χ1n) is 10.3. The minimum Gasteiger partial charge on any atom is -0.354 e. The van der Waals surface area contributed by atoms with Gasteiger partial charge >= 0.3 is 0 Å². The fourth-order valence-corrected chi connectivity index (χ4v) is 3.86. The van der Waals surface area contributed by atoms with Crippen molar-refractivity contribution in [3.63, 3.8) is 0 Å². The highest BCUT2D eigenvalue weighted by atomic mass is 16.1. The normalized spacial score (nSPS) is 11.6. The van der Waals surface area contributed by atoms with E-state index in [0.29, 0.717) is 18.0 Å². The molecule has 2 heterocycles. The average molecular weight is 393 g/mol. The number of fused-ring (bicyclic) bond motifs is 1. The second-order valence-corrected chi connectivity index (χ2v) is 8.38. The first-order valence-corrected chi connectivity index (χ1v) is 10.3. The summed E-state index contributed by atoms with van der Waals surface area (Å²) < 4.78 is 0. The number of hydrogen-bond acceptors (Lipinski definition) is 3. The van der Waals surface area contributed by atoms with Crippen molar-refractivity contribution >= 4 is 16.8 Å². The van der Waals surface area contributed by atoms with Crippen LogP contribution in [0, 0.1) is 13.8 Å². The Morgan fingerprint density at radius 1 is 1.14 bits per heavy atom. The van der Waals surface area contributed by atoms with Gasteiger partial charge in [-0.25, -0.2) is 0 Å². The molecule has 0 radical (unpaired) electrons. The van der Waals surface area contributed by atoms with Crippen LogP contribution in [0.3, 0.4) is 0 Å². The van der Waals surface area contributed by atoms with E-state index in [9.17, 15) is 4.79 Å². The van der Waals surface area contributed by atoms with Crippen LogP contribution in [0.2, 0.25) is 0 Å². The Labute approximate surface area is 173 Å². The number of nitrogens with zero attached hydrogens (tertiary/aromatic N) is 2. The molecule has 0 unspecified atom stereocenters.